The van der Waals surface area contributed by atoms with Crippen LogP contribution < -0.4 is 10.5 Å². The molecule has 0 saturated carbocycles. The molecule has 3 heterocycles. The molecule has 0 aromatic carbocycles. The van der Waals surface area contributed by atoms with Crippen LogP contribution in [0.15, 0.2) is 33.8 Å². The normalized spacial score (nSPS) is 14.6. The van der Waals surface area contributed by atoms with Crippen LogP contribution >= 0.6 is 0 Å². The van der Waals surface area contributed by atoms with E-state index in [-0.39, 0.29) is 23.4 Å². The van der Waals surface area contributed by atoms with Crippen molar-refractivity contribution in [3.8, 4) is 0 Å². The number of carboxylic acid groups (broad SMARTS) is 1. The van der Waals surface area contributed by atoms with Crippen LogP contribution in [0.25, 0.3) is 0 Å². The third-order valence-electron chi connectivity index (χ3n) is 3.60. The van der Waals surface area contributed by atoms with Crippen molar-refractivity contribution in [1.29, 1.82) is 0 Å². The van der Waals surface area contributed by atoms with Gasteiger partial charge in [-0.2, -0.15) is 5.10 Å². The van der Waals surface area contributed by atoms with Crippen LogP contribution in [0.2, 0.25) is 0 Å². The highest BCUT2D eigenvalue weighted by atomic mass is 16.4. The minimum Gasteiger partial charge on any atom is -0.478 e. The molecular weight excluding hydrogens is 274 g/mol. The second-order valence-corrected chi connectivity index (χ2v) is 4.97. The summed E-state index contributed by atoms with van der Waals surface area (Å²) in [4.78, 5) is 25.2. The molecule has 0 spiro atoms. The predicted molar refractivity (Wildman–Crippen MR) is 74.7 cm³/mol. The Morgan fingerprint density at radius 2 is 2.14 bits per heavy atom. The summed E-state index contributed by atoms with van der Waals surface area (Å²) in [5.74, 6) is -0.869. The van der Waals surface area contributed by atoms with Crippen molar-refractivity contribution >= 4 is 11.7 Å². The first kappa shape index (κ1) is 13.4. The van der Waals surface area contributed by atoms with Crippen molar-refractivity contribution in [2.24, 2.45) is 0 Å². The number of aromatic carboxylic acids is 1. The largest absolute Gasteiger partial charge is 0.478 e. The topological polar surface area (TPSA) is 88.6 Å². The SMILES string of the molecule is O=C(O)c1ccoc1Cn1ncc(N2CCCC2)cc1=O. The number of hydrogen-bond acceptors (Lipinski definition) is 5. The summed E-state index contributed by atoms with van der Waals surface area (Å²) in [5.41, 5.74) is 0.589. The average Bonchev–Trinajstić information content (AvgIpc) is 3.11. The van der Waals surface area contributed by atoms with E-state index >= 15 is 0 Å². The summed E-state index contributed by atoms with van der Waals surface area (Å²) in [7, 11) is 0. The van der Waals surface area contributed by atoms with Gasteiger partial charge in [-0.3, -0.25) is 4.79 Å². The van der Waals surface area contributed by atoms with Gasteiger partial charge in [-0.15, -0.1) is 0 Å². The lowest BCUT2D eigenvalue weighted by molar-refractivity contribution is 0.0694. The van der Waals surface area contributed by atoms with Gasteiger partial charge < -0.3 is 14.4 Å². The zero-order valence-corrected chi connectivity index (χ0v) is 11.4. The summed E-state index contributed by atoms with van der Waals surface area (Å²) < 4.78 is 6.32. The quantitative estimate of drug-likeness (QED) is 0.909. The summed E-state index contributed by atoms with van der Waals surface area (Å²) in [6.45, 7) is 1.88. The molecule has 1 aliphatic rings. The van der Waals surface area contributed by atoms with Crippen molar-refractivity contribution in [1.82, 2.24) is 9.78 Å². The molecule has 1 saturated heterocycles. The monoisotopic (exact) mass is 289 g/mol. The van der Waals surface area contributed by atoms with Crippen LogP contribution in [0.4, 0.5) is 5.69 Å². The Hall–Kier alpha value is -2.57. The third-order valence-corrected chi connectivity index (χ3v) is 3.60. The Kier molecular flexibility index (Phi) is 3.47. The summed E-state index contributed by atoms with van der Waals surface area (Å²) in [6.07, 6.45) is 5.17. The van der Waals surface area contributed by atoms with Gasteiger partial charge in [-0.1, -0.05) is 0 Å². The first-order valence-electron chi connectivity index (χ1n) is 6.77. The van der Waals surface area contributed by atoms with Crippen LogP contribution in [-0.2, 0) is 6.54 Å². The van der Waals surface area contributed by atoms with E-state index in [1.807, 2.05) is 0 Å². The Bertz CT molecular complexity index is 713. The lowest BCUT2D eigenvalue weighted by Crippen LogP contribution is -2.26. The Labute approximate surface area is 120 Å². The van der Waals surface area contributed by atoms with E-state index in [0.29, 0.717) is 0 Å². The number of carbonyl (C=O) groups is 1. The summed E-state index contributed by atoms with van der Waals surface area (Å²) in [5, 5.41) is 13.1. The molecule has 1 N–H and O–H groups in total. The van der Waals surface area contributed by atoms with Crippen molar-refractivity contribution in [2.75, 3.05) is 18.0 Å². The molecular formula is C14H15N3O4. The van der Waals surface area contributed by atoms with E-state index in [4.69, 9.17) is 9.52 Å². The molecule has 7 nitrogen and oxygen atoms in total. The molecule has 2 aromatic rings. The minimum absolute atomic E-state index is 0.00769. The van der Waals surface area contributed by atoms with E-state index in [1.54, 1.807) is 6.20 Å². The van der Waals surface area contributed by atoms with Gasteiger partial charge in [0.1, 0.15) is 17.9 Å². The molecule has 2 aromatic heterocycles. The van der Waals surface area contributed by atoms with E-state index in [1.165, 1.54) is 23.1 Å². The van der Waals surface area contributed by atoms with Crippen molar-refractivity contribution < 1.29 is 14.3 Å². The predicted octanol–water partition coefficient (Wildman–Crippen LogP) is 1.18. The molecule has 1 aliphatic heterocycles. The average molecular weight is 289 g/mol. The Morgan fingerprint density at radius 1 is 1.38 bits per heavy atom. The number of anilines is 1. The third kappa shape index (κ3) is 2.67. The smallest absolute Gasteiger partial charge is 0.339 e. The highest BCUT2D eigenvalue weighted by Gasteiger charge is 2.16. The van der Waals surface area contributed by atoms with Crippen molar-refractivity contribution in [3.63, 3.8) is 0 Å². The van der Waals surface area contributed by atoms with Gasteiger partial charge in [0.15, 0.2) is 0 Å². The number of carboxylic acids is 1. The zero-order valence-electron chi connectivity index (χ0n) is 11.4. The maximum Gasteiger partial charge on any atom is 0.339 e. The highest BCUT2D eigenvalue weighted by molar-refractivity contribution is 5.88. The first-order chi connectivity index (χ1) is 10.1. The van der Waals surface area contributed by atoms with Gasteiger partial charge in [0.05, 0.1) is 18.1 Å². The maximum atomic E-state index is 12.1. The fourth-order valence-corrected chi connectivity index (χ4v) is 2.48. The van der Waals surface area contributed by atoms with Gasteiger partial charge in [-0.25, -0.2) is 9.48 Å². The van der Waals surface area contributed by atoms with Crippen LogP contribution in [0.5, 0.6) is 0 Å². The van der Waals surface area contributed by atoms with Crippen molar-refractivity contribution in [3.05, 3.63) is 46.3 Å². The molecule has 0 amide bonds. The van der Waals surface area contributed by atoms with Crippen LogP contribution in [0, 0.1) is 0 Å². The van der Waals surface area contributed by atoms with Gasteiger partial charge in [-0.05, 0) is 18.9 Å². The van der Waals surface area contributed by atoms with E-state index in [0.717, 1.165) is 31.6 Å². The van der Waals surface area contributed by atoms with E-state index in [2.05, 4.69) is 10.00 Å². The van der Waals surface area contributed by atoms with Crippen LogP contribution in [0.3, 0.4) is 0 Å². The minimum atomic E-state index is -1.08. The molecule has 7 heteroatoms. The second kappa shape index (κ2) is 5.43. The molecule has 110 valence electrons. The highest BCUT2D eigenvalue weighted by Crippen LogP contribution is 2.17. The molecule has 3 rings (SSSR count). The lowest BCUT2D eigenvalue weighted by atomic mass is 10.2. The van der Waals surface area contributed by atoms with Gasteiger partial charge in [0, 0.05) is 19.2 Å². The molecule has 0 unspecified atom stereocenters. The molecule has 0 bridgehead atoms. The number of rotatable bonds is 4. The maximum absolute atomic E-state index is 12.1. The zero-order chi connectivity index (χ0) is 14.8. The standard InChI is InChI=1S/C14H15N3O4/c18-13-7-10(16-4-1-2-5-16)8-15-17(13)9-12-11(14(19)20)3-6-21-12/h3,6-8H,1-2,4-5,9H2,(H,19,20). The molecule has 0 aliphatic carbocycles. The van der Waals surface area contributed by atoms with E-state index in [9.17, 15) is 9.59 Å². The molecule has 0 radical (unpaired) electrons. The number of hydrogen-bond donors (Lipinski definition) is 1. The van der Waals surface area contributed by atoms with Crippen molar-refractivity contribution in [2.45, 2.75) is 19.4 Å². The second-order valence-electron chi connectivity index (χ2n) is 4.97. The number of nitrogens with zero attached hydrogens (tertiary/aromatic N) is 3. The van der Waals surface area contributed by atoms with Gasteiger partial charge in [0.2, 0.25) is 0 Å². The van der Waals surface area contributed by atoms with Gasteiger partial charge >= 0.3 is 5.97 Å². The summed E-state index contributed by atoms with van der Waals surface area (Å²) >= 11 is 0. The fourth-order valence-electron chi connectivity index (χ4n) is 2.48. The molecule has 21 heavy (non-hydrogen) atoms. The Balaban J connectivity index is 1.84. The lowest BCUT2D eigenvalue weighted by Gasteiger charge is -2.16. The Morgan fingerprint density at radius 3 is 2.81 bits per heavy atom. The van der Waals surface area contributed by atoms with Gasteiger partial charge in [0.25, 0.3) is 5.56 Å². The first-order valence-corrected chi connectivity index (χ1v) is 6.77. The van der Waals surface area contributed by atoms with E-state index < -0.39 is 5.97 Å². The van der Waals surface area contributed by atoms with Crippen LogP contribution in [0.1, 0.15) is 29.0 Å². The number of furan rings is 1. The summed E-state index contributed by atoms with van der Waals surface area (Å²) in [6, 6.07) is 2.89. The van der Waals surface area contributed by atoms with Crippen LogP contribution in [-0.4, -0.2) is 33.9 Å². The fraction of sp³-hybridized carbons (Fsp3) is 0.357. The molecule has 1 fully saturated rings. The molecule has 0 atom stereocenters. The number of aromatic nitrogens is 2.